The number of aliphatic hydroxyl groups is 1. The third-order valence-corrected chi connectivity index (χ3v) is 5.32. The fourth-order valence-corrected chi connectivity index (χ4v) is 3.46. The molecule has 2 aromatic rings. The second-order valence-corrected chi connectivity index (χ2v) is 7.59. The molecular weight excluding hydrogens is 404 g/mol. The van der Waals surface area contributed by atoms with Crippen molar-refractivity contribution in [1.29, 1.82) is 0 Å². The Kier molecular flexibility index (Phi) is 5.79. The van der Waals surface area contributed by atoms with Crippen molar-refractivity contribution in [1.82, 2.24) is 10.6 Å². The molecule has 0 radical (unpaired) electrons. The van der Waals surface area contributed by atoms with Crippen LogP contribution in [0.25, 0.3) is 0 Å². The first-order valence-electron chi connectivity index (χ1n) is 8.24. The second-order valence-electron chi connectivity index (χ2n) is 6.24. The Bertz CT molecular complexity index is 683. The van der Waals surface area contributed by atoms with Crippen LogP contribution in [0.15, 0.2) is 53.0 Å². The molecule has 3 rings (SSSR count). The van der Waals surface area contributed by atoms with Crippen molar-refractivity contribution in [3.63, 3.8) is 0 Å². The summed E-state index contributed by atoms with van der Waals surface area (Å²) in [5.41, 5.74) is 0.0520. The lowest BCUT2D eigenvalue weighted by molar-refractivity contribution is -0.123. The van der Waals surface area contributed by atoms with Crippen molar-refractivity contribution >= 4 is 33.4 Å². The average Bonchev–Trinajstić information content (AvgIpc) is 3.15. The minimum Gasteiger partial charge on any atom is -0.379 e. The van der Waals surface area contributed by atoms with Gasteiger partial charge in [-0.3, -0.25) is 4.79 Å². The van der Waals surface area contributed by atoms with Crippen molar-refractivity contribution < 1.29 is 9.90 Å². The van der Waals surface area contributed by atoms with Crippen LogP contribution >= 0.6 is 27.5 Å². The van der Waals surface area contributed by atoms with Gasteiger partial charge in [0.1, 0.15) is 5.60 Å². The van der Waals surface area contributed by atoms with Crippen molar-refractivity contribution in [3.8, 4) is 0 Å². The number of carbonyl (C=O) groups is 1. The zero-order valence-corrected chi connectivity index (χ0v) is 16.0. The van der Waals surface area contributed by atoms with E-state index >= 15 is 0 Å². The lowest BCUT2D eigenvalue weighted by atomic mass is 9.86. The van der Waals surface area contributed by atoms with Crippen LogP contribution in [-0.4, -0.2) is 30.1 Å². The van der Waals surface area contributed by atoms with E-state index in [4.69, 9.17) is 11.6 Å². The zero-order valence-electron chi connectivity index (χ0n) is 13.6. The summed E-state index contributed by atoms with van der Waals surface area (Å²) >= 11 is 9.38. The van der Waals surface area contributed by atoms with E-state index in [0.29, 0.717) is 16.1 Å². The summed E-state index contributed by atoms with van der Waals surface area (Å²) in [6.45, 7) is 0.944. The van der Waals surface area contributed by atoms with Gasteiger partial charge in [0.25, 0.3) is 0 Å². The fraction of sp³-hybridized carbons (Fsp3) is 0.316. The van der Waals surface area contributed by atoms with Crippen molar-refractivity contribution in [3.05, 3.63) is 69.2 Å². The molecule has 1 aliphatic heterocycles. The highest BCUT2D eigenvalue weighted by Gasteiger charge is 2.33. The second kappa shape index (κ2) is 7.87. The van der Waals surface area contributed by atoms with E-state index < -0.39 is 5.60 Å². The summed E-state index contributed by atoms with van der Waals surface area (Å²) in [5.74, 6) is -0.0815. The third kappa shape index (κ3) is 4.23. The Morgan fingerprint density at radius 2 is 1.80 bits per heavy atom. The normalized spacial score (nSPS) is 19.4. The van der Waals surface area contributed by atoms with Crippen LogP contribution in [0.2, 0.25) is 5.02 Å². The summed E-state index contributed by atoms with van der Waals surface area (Å²) < 4.78 is 0.925. The lowest BCUT2D eigenvalue weighted by Crippen LogP contribution is -2.47. The van der Waals surface area contributed by atoms with Crippen LogP contribution < -0.4 is 10.6 Å². The summed E-state index contributed by atoms with van der Waals surface area (Å²) in [5, 5.41) is 18.1. The van der Waals surface area contributed by atoms with Crippen LogP contribution in [-0.2, 0) is 10.4 Å². The number of nitrogens with one attached hydrogen (secondary N) is 2. The molecule has 1 saturated heterocycles. The van der Waals surface area contributed by atoms with Crippen LogP contribution in [0, 0.1) is 0 Å². The standard InChI is InChI=1S/C19H20BrClN2O2/c20-15-7-3-13(4-8-15)19(25,14-5-9-16(21)10-6-14)12-23-18(24)17-2-1-11-22-17/h3-10,17,22,25H,1-2,11-12H2,(H,23,24)/t17-,19?/m0/s1. The molecule has 0 bridgehead atoms. The Labute approximate surface area is 160 Å². The quantitative estimate of drug-likeness (QED) is 0.692. The highest BCUT2D eigenvalue weighted by molar-refractivity contribution is 9.10. The molecule has 25 heavy (non-hydrogen) atoms. The third-order valence-electron chi connectivity index (χ3n) is 4.54. The highest BCUT2D eigenvalue weighted by atomic mass is 79.9. The maximum Gasteiger partial charge on any atom is 0.237 e. The van der Waals surface area contributed by atoms with E-state index in [1.54, 1.807) is 24.3 Å². The van der Waals surface area contributed by atoms with E-state index in [2.05, 4.69) is 26.6 Å². The van der Waals surface area contributed by atoms with E-state index in [-0.39, 0.29) is 18.5 Å². The average molecular weight is 424 g/mol. The molecule has 0 saturated carbocycles. The predicted molar refractivity (Wildman–Crippen MR) is 103 cm³/mol. The van der Waals surface area contributed by atoms with Gasteiger partial charge in [0.2, 0.25) is 5.91 Å². The Balaban J connectivity index is 1.86. The minimum absolute atomic E-state index is 0.0815. The molecular formula is C19H20BrClN2O2. The van der Waals surface area contributed by atoms with Gasteiger partial charge in [-0.15, -0.1) is 0 Å². The number of halogens is 2. The van der Waals surface area contributed by atoms with Gasteiger partial charge in [0, 0.05) is 9.50 Å². The first kappa shape index (κ1) is 18.4. The molecule has 0 aliphatic carbocycles. The number of amides is 1. The van der Waals surface area contributed by atoms with Gasteiger partial charge in [-0.25, -0.2) is 0 Å². The maximum absolute atomic E-state index is 12.3. The highest BCUT2D eigenvalue weighted by Crippen LogP contribution is 2.31. The first-order valence-corrected chi connectivity index (χ1v) is 9.42. The molecule has 3 N–H and O–H groups in total. The molecule has 2 atom stereocenters. The molecule has 6 heteroatoms. The predicted octanol–water partition coefficient (Wildman–Crippen LogP) is 3.21. The molecule has 0 aromatic heterocycles. The zero-order chi connectivity index (χ0) is 17.9. The van der Waals surface area contributed by atoms with E-state index in [9.17, 15) is 9.90 Å². The molecule has 1 unspecified atom stereocenters. The summed E-state index contributed by atoms with van der Waals surface area (Å²) in [6.07, 6.45) is 1.82. The topological polar surface area (TPSA) is 61.4 Å². The summed E-state index contributed by atoms with van der Waals surface area (Å²) in [4.78, 5) is 12.3. The molecule has 4 nitrogen and oxygen atoms in total. The molecule has 2 aromatic carbocycles. The van der Waals surface area contributed by atoms with Gasteiger partial charge in [-0.05, 0) is 54.8 Å². The van der Waals surface area contributed by atoms with Crippen LogP contribution in [0.3, 0.4) is 0 Å². The number of rotatable bonds is 5. The molecule has 132 valence electrons. The minimum atomic E-state index is -1.33. The van der Waals surface area contributed by atoms with Crippen LogP contribution in [0.1, 0.15) is 24.0 Å². The molecule has 1 fully saturated rings. The summed E-state index contributed by atoms with van der Waals surface area (Å²) in [7, 11) is 0. The van der Waals surface area contributed by atoms with Crippen molar-refractivity contribution in [2.45, 2.75) is 24.5 Å². The monoisotopic (exact) mass is 422 g/mol. The number of hydrogen-bond donors (Lipinski definition) is 3. The molecule has 0 spiro atoms. The van der Waals surface area contributed by atoms with Gasteiger partial charge < -0.3 is 15.7 Å². The van der Waals surface area contributed by atoms with Gasteiger partial charge in [-0.2, -0.15) is 0 Å². The van der Waals surface area contributed by atoms with Crippen LogP contribution in [0.5, 0.6) is 0 Å². The SMILES string of the molecule is O=C(NCC(O)(c1ccc(Cl)cc1)c1ccc(Br)cc1)[C@@H]1CCCN1. The number of benzene rings is 2. The van der Waals surface area contributed by atoms with Crippen LogP contribution in [0.4, 0.5) is 0 Å². The number of carbonyl (C=O) groups excluding carboxylic acids is 1. The fourth-order valence-electron chi connectivity index (χ4n) is 3.07. The Morgan fingerprint density at radius 1 is 1.20 bits per heavy atom. The Morgan fingerprint density at radius 3 is 2.36 bits per heavy atom. The smallest absolute Gasteiger partial charge is 0.237 e. The molecule has 1 aliphatic rings. The summed E-state index contributed by atoms with van der Waals surface area (Å²) in [6, 6.07) is 14.3. The lowest BCUT2D eigenvalue weighted by Gasteiger charge is -2.30. The van der Waals surface area contributed by atoms with Gasteiger partial charge >= 0.3 is 0 Å². The van der Waals surface area contributed by atoms with Crippen molar-refractivity contribution in [2.75, 3.05) is 13.1 Å². The van der Waals surface area contributed by atoms with E-state index in [1.807, 2.05) is 24.3 Å². The van der Waals surface area contributed by atoms with Gasteiger partial charge in [0.15, 0.2) is 0 Å². The molecule has 1 heterocycles. The maximum atomic E-state index is 12.3. The molecule has 1 amide bonds. The largest absolute Gasteiger partial charge is 0.379 e. The Hall–Kier alpha value is -1.40. The number of hydrogen-bond acceptors (Lipinski definition) is 3. The van der Waals surface area contributed by atoms with Gasteiger partial charge in [0.05, 0.1) is 12.6 Å². The van der Waals surface area contributed by atoms with E-state index in [0.717, 1.165) is 23.9 Å². The van der Waals surface area contributed by atoms with Crippen molar-refractivity contribution in [2.24, 2.45) is 0 Å². The first-order chi connectivity index (χ1) is 12.0. The van der Waals surface area contributed by atoms with E-state index in [1.165, 1.54) is 0 Å². The van der Waals surface area contributed by atoms with Gasteiger partial charge in [-0.1, -0.05) is 51.8 Å².